The topological polar surface area (TPSA) is 75.7 Å². The number of nitrogens with zero attached hydrogens (tertiary/aromatic N) is 1. The first kappa shape index (κ1) is 16.4. The number of amides is 2. The third kappa shape index (κ3) is 5.90. The molecule has 0 fully saturated rings. The molecule has 0 unspecified atom stereocenters. The van der Waals surface area contributed by atoms with E-state index in [1.54, 1.807) is 31.3 Å². The molecular formula is C15H18N2O4. The van der Waals surface area contributed by atoms with Gasteiger partial charge in [-0.2, -0.15) is 0 Å². The predicted molar refractivity (Wildman–Crippen MR) is 77.6 cm³/mol. The number of esters is 1. The summed E-state index contributed by atoms with van der Waals surface area (Å²) in [5.74, 6) is -1.02. The minimum atomic E-state index is -0.486. The molecule has 6 nitrogen and oxygen atoms in total. The van der Waals surface area contributed by atoms with Gasteiger partial charge >= 0.3 is 5.97 Å². The Morgan fingerprint density at radius 3 is 2.52 bits per heavy atom. The molecule has 0 bridgehead atoms. The molecule has 0 aliphatic carbocycles. The van der Waals surface area contributed by atoms with Crippen LogP contribution in [0.5, 0.6) is 0 Å². The van der Waals surface area contributed by atoms with Gasteiger partial charge in [-0.1, -0.05) is 24.3 Å². The predicted octanol–water partition coefficient (Wildman–Crippen LogP) is 0.604. The number of benzene rings is 1. The Hall–Kier alpha value is -2.63. The van der Waals surface area contributed by atoms with Crippen LogP contribution in [0.2, 0.25) is 0 Å². The number of rotatable bonds is 6. The Balaban J connectivity index is 2.39. The minimum Gasteiger partial charge on any atom is -0.466 e. The molecule has 6 heteroatoms. The molecule has 0 aromatic heterocycles. The zero-order valence-electron chi connectivity index (χ0n) is 12.0. The summed E-state index contributed by atoms with van der Waals surface area (Å²) in [6.07, 6.45) is 2.70. The molecule has 0 saturated carbocycles. The van der Waals surface area contributed by atoms with Gasteiger partial charge in [-0.25, -0.2) is 4.79 Å². The fourth-order valence-corrected chi connectivity index (χ4v) is 1.54. The summed E-state index contributed by atoms with van der Waals surface area (Å²) in [5, 5.41) is 2.57. The van der Waals surface area contributed by atoms with E-state index in [0.717, 1.165) is 0 Å². The van der Waals surface area contributed by atoms with Crippen molar-refractivity contribution in [2.24, 2.45) is 0 Å². The lowest BCUT2D eigenvalue weighted by atomic mass is 10.2. The van der Waals surface area contributed by atoms with E-state index in [2.05, 4.69) is 10.1 Å². The third-order valence-electron chi connectivity index (χ3n) is 2.62. The lowest BCUT2D eigenvalue weighted by molar-refractivity contribution is -0.134. The minimum absolute atomic E-state index is 0.0558. The van der Waals surface area contributed by atoms with E-state index in [9.17, 15) is 14.4 Å². The van der Waals surface area contributed by atoms with E-state index < -0.39 is 5.97 Å². The van der Waals surface area contributed by atoms with Crippen LogP contribution in [0, 0.1) is 0 Å². The fraction of sp³-hybridized carbons (Fsp3) is 0.267. The van der Waals surface area contributed by atoms with Crippen molar-refractivity contribution in [2.45, 2.75) is 0 Å². The summed E-state index contributed by atoms with van der Waals surface area (Å²) < 4.78 is 4.41. The first-order chi connectivity index (χ1) is 10.0. The summed E-state index contributed by atoms with van der Waals surface area (Å²) in [6, 6.07) is 8.72. The number of carbonyl (C=O) groups excluding carboxylic acids is 3. The molecule has 0 radical (unpaired) electrons. The van der Waals surface area contributed by atoms with Crippen molar-refractivity contribution in [1.29, 1.82) is 0 Å². The summed E-state index contributed by atoms with van der Waals surface area (Å²) in [4.78, 5) is 35.8. The van der Waals surface area contributed by atoms with Gasteiger partial charge in [-0.05, 0) is 12.1 Å². The molecule has 1 aromatic rings. The van der Waals surface area contributed by atoms with Crippen LogP contribution in [0.25, 0.3) is 0 Å². The lowest BCUT2D eigenvalue weighted by Crippen LogP contribution is -2.38. The van der Waals surface area contributed by atoms with Crippen LogP contribution in [0.3, 0.4) is 0 Å². The van der Waals surface area contributed by atoms with Gasteiger partial charge in [-0.3, -0.25) is 9.59 Å². The van der Waals surface area contributed by atoms with E-state index in [1.165, 1.54) is 24.2 Å². The van der Waals surface area contributed by atoms with Crippen molar-refractivity contribution < 1.29 is 19.1 Å². The average Bonchev–Trinajstić information content (AvgIpc) is 2.51. The lowest BCUT2D eigenvalue weighted by Gasteiger charge is -2.16. The van der Waals surface area contributed by atoms with Crippen molar-refractivity contribution in [2.75, 3.05) is 27.2 Å². The maximum atomic E-state index is 12.0. The van der Waals surface area contributed by atoms with Crippen molar-refractivity contribution in [1.82, 2.24) is 10.2 Å². The van der Waals surface area contributed by atoms with E-state index >= 15 is 0 Å². The average molecular weight is 290 g/mol. The molecule has 112 valence electrons. The van der Waals surface area contributed by atoms with Gasteiger partial charge in [0.05, 0.1) is 13.7 Å². The standard InChI is InChI=1S/C15H18N2O4/c1-17(15(20)12-7-4-3-5-8-12)11-13(18)16-10-6-9-14(19)21-2/h3-9H,10-11H2,1-2H3,(H,16,18)/b9-6+. The molecule has 0 heterocycles. The zero-order valence-corrected chi connectivity index (χ0v) is 12.0. The van der Waals surface area contributed by atoms with Gasteiger partial charge in [0.1, 0.15) is 0 Å². The molecule has 0 atom stereocenters. The molecule has 0 aliphatic heterocycles. The van der Waals surface area contributed by atoms with Crippen LogP contribution < -0.4 is 5.32 Å². The Labute approximate surface area is 123 Å². The number of hydrogen-bond donors (Lipinski definition) is 1. The number of carbonyl (C=O) groups is 3. The van der Waals surface area contributed by atoms with Crippen LogP contribution >= 0.6 is 0 Å². The molecule has 1 N–H and O–H groups in total. The number of hydrogen-bond acceptors (Lipinski definition) is 4. The summed E-state index contributed by atoms with van der Waals surface area (Å²) >= 11 is 0. The maximum absolute atomic E-state index is 12.0. The van der Waals surface area contributed by atoms with Gasteiger partial charge in [-0.15, -0.1) is 0 Å². The van der Waals surface area contributed by atoms with Crippen LogP contribution in [0.4, 0.5) is 0 Å². The van der Waals surface area contributed by atoms with Crippen molar-refractivity contribution in [3.8, 4) is 0 Å². The van der Waals surface area contributed by atoms with Crippen LogP contribution in [-0.2, 0) is 14.3 Å². The Morgan fingerprint density at radius 1 is 1.24 bits per heavy atom. The van der Waals surface area contributed by atoms with Crippen molar-refractivity contribution >= 4 is 17.8 Å². The van der Waals surface area contributed by atoms with Crippen LogP contribution in [-0.4, -0.2) is 49.9 Å². The highest BCUT2D eigenvalue weighted by Crippen LogP contribution is 2.02. The molecular weight excluding hydrogens is 272 g/mol. The first-order valence-corrected chi connectivity index (χ1v) is 6.36. The molecule has 1 aromatic carbocycles. The molecule has 2 amide bonds. The normalized spacial score (nSPS) is 10.2. The van der Waals surface area contributed by atoms with Crippen molar-refractivity contribution in [3.05, 3.63) is 48.0 Å². The third-order valence-corrected chi connectivity index (χ3v) is 2.62. The fourth-order valence-electron chi connectivity index (χ4n) is 1.54. The smallest absolute Gasteiger partial charge is 0.330 e. The van der Waals surface area contributed by atoms with E-state index in [0.29, 0.717) is 5.56 Å². The second-order valence-electron chi connectivity index (χ2n) is 4.26. The maximum Gasteiger partial charge on any atom is 0.330 e. The van der Waals surface area contributed by atoms with Crippen LogP contribution in [0.15, 0.2) is 42.5 Å². The number of nitrogens with one attached hydrogen (secondary N) is 1. The Morgan fingerprint density at radius 2 is 1.90 bits per heavy atom. The van der Waals surface area contributed by atoms with Crippen LogP contribution in [0.1, 0.15) is 10.4 Å². The number of methoxy groups -OCH3 is 1. The Bertz CT molecular complexity index is 526. The van der Waals surface area contributed by atoms with Gasteiger partial charge in [0.15, 0.2) is 0 Å². The highest BCUT2D eigenvalue weighted by molar-refractivity contribution is 5.96. The monoisotopic (exact) mass is 290 g/mol. The molecule has 0 aliphatic rings. The highest BCUT2D eigenvalue weighted by atomic mass is 16.5. The molecule has 21 heavy (non-hydrogen) atoms. The van der Waals surface area contributed by atoms with E-state index in [-0.39, 0.29) is 24.9 Å². The largest absolute Gasteiger partial charge is 0.466 e. The molecule has 0 spiro atoms. The second-order valence-corrected chi connectivity index (χ2v) is 4.26. The molecule has 0 saturated heterocycles. The Kier molecular flexibility index (Phi) is 6.67. The van der Waals surface area contributed by atoms with Gasteiger partial charge < -0.3 is 15.0 Å². The highest BCUT2D eigenvalue weighted by Gasteiger charge is 2.13. The van der Waals surface area contributed by atoms with E-state index in [4.69, 9.17) is 0 Å². The number of ether oxygens (including phenoxy) is 1. The van der Waals surface area contributed by atoms with Gasteiger partial charge in [0, 0.05) is 25.2 Å². The SMILES string of the molecule is COC(=O)/C=C/CNC(=O)CN(C)C(=O)c1ccccc1. The summed E-state index contributed by atoms with van der Waals surface area (Å²) in [5.41, 5.74) is 0.526. The molecule has 1 rings (SSSR count). The second kappa shape index (κ2) is 8.52. The van der Waals surface area contributed by atoms with Gasteiger partial charge in [0.25, 0.3) is 5.91 Å². The van der Waals surface area contributed by atoms with E-state index in [1.807, 2.05) is 6.07 Å². The summed E-state index contributed by atoms with van der Waals surface area (Å²) in [7, 11) is 2.83. The van der Waals surface area contributed by atoms with Gasteiger partial charge in [0.2, 0.25) is 5.91 Å². The van der Waals surface area contributed by atoms with Crippen molar-refractivity contribution in [3.63, 3.8) is 0 Å². The zero-order chi connectivity index (χ0) is 15.7. The number of likely N-dealkylation sites (N-methyl/N-ethyl adjacent to an activating group) is 1. The summed E-state index contributed by atoms with van der Waals surface area (Å²) in [6.45, 7) is 0.140. The first-order valence-electron chi connectivity index (χ1n) is 6.36. The quantitative estimate of drug-likeness (QED) is 0.615.